The molecule has 0 amide bonds. The molecule has 0 unspecified atom stereocenters. The highest BCUT2D eigenvalue weighted by Crippen LogP contribution is 2.21. The predicted molar refractivity (Wildman–Crippen MR) is 89.2 cm³/mol. The molecule has 0 heterocycles. The van der Waals surface area contributed by atoms with Crippen LogP contribution in [0.1, 0.15) is 18.1 Å². The maximum atomic E-state index is 12.2. The SMILES string of the molecule is COc1cccc(S(=O)(=O)NCC[C@H](O)c2cccc(Cl)c2)c1. The van der Waals surface area contributed by atoms with Crippen LogP contribution < -0.4 is 9.46 Å². The number of aliphatic hydroxyl groups excluding tert-OH is 1. The first-order valence-electron chi connectivity index (χ1n) is 6.99. The first-order chi connectivity index (χ1) is 10.9. The molecule has 0 aliphatic carbocycles. The van der Waals surface area contributed by atoms with Gasteiger partial charge in [0.2, 0.25) is 10.0 Å². The van der Waals surface area contributed by atoms with Crippen molar-refractivity contribution >= 4 is 21.6 Å². The van der Waals surface area contributed by atoms with Crippen molar-refractivity contribution in [3.8, 4) is 5.75 Å². The van der Waals surface area contributed by atoms with Crippen LogP contribution in [0.5, 0.6) is 5.75 Å². The minimum atomic E-state index is -3.65. The van der Waals surface area contributed by atoms with E-state index in [0.717, 1.165) is 0 Å². The van der Waals surface area contributed by atoms with Crippen molar-refractivity contribution in [3.63, 3.8) is 0 Å². The van der Waals surface area contributed by atoms with Crippen LogP contribution in [-0.4, -0.2) is 27.2 Å². The molecule has 1 atom stereocenters. The average Bonchev–Trinajstić information content (AvgIpc) is 2.54. The largest absolute Gasteiger partial charge is 0.497 e. The Bertz CT molecular complexity index is 764. The number of hydrogen-bond donors (Lipinski definition) is 2. The van der Waals surface area contributed by atoms with E-state index in [9.17, 15) is 13.5 Å². The third-order valence-electron chi connectivity index (χ3n) is 3.29. The molecule has 0 aromatic heterocycles. The molecule has 2 aromatic carbocycles. The maximum Gasteiger partial charge on any atom is 0.240 e. The number of benzene rings is 2. The fourth-order valence-electron chi connectivity index (χ4n) is 2.06. The van der Waals surface area contributed by atoms with Gasteiger partial charge in [0.05, 0.1) is 18.1 Å². The maximum absolute atomic E-state index is 12.2. The Labute approximate surface area is 140 Å². The van der Waals surface area contributed by atoms with Crippen molar-refractivity contribution < 1.29 is 18.3 Å². The van der Waals surface area contributed by atoms with Gasteiger partial charge < -0.3 is 9.84 Å². The first kappa shape index (κ1) is 17.7. The second kappa shape index (κ2) is 7.79. The molecule has 2 rings (SSSR count). The number of methoxy groups -OCH3 is 1. The number of halogens is 1. The molecule has 7 heteroatoms. The molecule has 0 bridgehead atoms. The summed E-state index contributed by atoms with van der Waals surface area (Å²) in [7, 11) is -2.17. The molecule has 2 aromatic rings. The number of aliphatic hydroxyl groups is 1. The van der Waals surface area contributed by atoms with Crippen LogP contribution in [0.3, 0.4) is 0 Å². The number of rotatable bonds is 7. The molecule has 2 N–H and O–H groups in total. The van der Waals surface area contributed by atoms with E-state index in [1.54, 1.807) is 36.4 Å². The average molecular weight is 356 g/mol. The molecular formula is C16H18ClNO4S. The van der Waals surface area contributed by atoms with E-state index >= 15 is 0 Å². The Balaban J connectivity index is 1.97. The third-order valence-corrected chi connectivity index (χ3v) is 4.99. The van der Waals surface area contributed by atoms with E-state index < -0.39 is 16.1 Å². The van der Waals surface area contributed by atoms with Gasteiger partial charge in [-0.25, -0.2) is 13.1 Å². The van der Waals surface area contributed by atoms with E-state index in [0.29, 0.717) is 16.3 Å². The summed E-state index contributed by atoms with van der Waals surface area (Å²) in [6, 6.07) is 13.0. The van der Waals surface area contributed by atoms with Gasteiger partial charge in [0.15, 0.2) is 0 Å². The molecule has 0 aliphatic rings. The van der Waals surface area contributed by atoms with Crippen LogP contribution in [0.15, 0.2) is 53.4 Å². The van der Waals surface area contributed by atoms with Gasteiger partial charge in [-0.3, -0.25) is 0 Å². The molecule has 124 valence electrons. The zero-order chi connectivity index (χ0) is 16.9. The fraction of sp³-hybridized carbons (Fsp3) is 0.250. The molecule has 0 aliphatic heterocycles. The van der Waals surface area contributed by atoms with Crippen molar-refractivity contribution in [2.24, 2.45) is 0 Å². The minimum Gasteiger partial charge on any atom is -0.497 e. The summed E-state index contributed by atoms with van der Waals surface area (Å²) in [5, 5.41) is 10.6. The van der Waals surface area contributed by atoms with Gasteiger partial charge in [-0.2, -0.15) is 0 Å². The van der Waals surface area contributed by atoms with Crippen LogP contribution in [0.4, 0.5) is 0 Å². The summed E-state index contributed by atoms with van der Waals surface area (Å²) in [6.45, 7) is 0.104. The Kier molecular flexibility index (Phi) is 6.01. The quantitative estimate of drug-likeness (QED) is 0.800. The highest BCUT2D eigenvalue weighted by Gasteiger charge is 2.15. The lowest BCUT2D eigenvalue weighted by Crippen LogP contribution is -2.26. The third kappa shape index (κ3) is 4.94. The van der Waals surface area contributed by atoms with Crippen molar-refractivity contribution in [1.82, 2.24) is 4.72 Å². The second-order valence-corrected chi connectivity index (χ2v) is 7.14. The van der Waals surface area contributed by atoms with E-state index in [1.807, 2.05) is 0 Å². The van der Waals surface area contributed by atoms with Gasteiger partial charge in [0, 0.05) is 17.6 Å². The Morgan fingerprint density at radius 2 is 1.96 bits per heavy atom. The topological polar surface area (TPSA) is 75.6 Å². The summed E-state index contributed by atoms with van der Waals surface area (Å²) < 4.78 is 31.9. The van der Waals surface area contributed by atoms with Crippen LogP contribution in [0, 0.1) is 0 Å². The number of ether oxygens (including phenoxy) is 1. The summed E-state index contributed by atoms with van der Waals surface area (Å²) in [6.07, 6.45) is -0.550. The van der Waals surface area contributed by atoms with E-state index in [4.69, 9.17) is 16.3 Å². The summed E-state index contributed by atoms with van der Waals surface area (Å²) in [4.78, 5) is 0.120. The van der Waals surface area contributed by atoms with Crippen LogP contribution in [-0.2, 0) is 10.0 Å². The van der Waals surface area contributed by atoms with Crippen molar-refractivity contribution in [2.45, 2.75) is 17.4 Å². The Morgan fingerprint density at radius 3 is 2.65 bits per heavy atom. The molecular weight excluding hydrogens is 338 g/mol. The standard InChI is InChI=1S/C16H18ClNO4S/c1-22-14-6-3-7-15(11-14)23(20,21)18-9-8-16(19)12-4-2-5-13(17)10-12/h2-7,10-11,16,18-19H,8-9H2,1H3/t16-/m0/s1. The van der Waals surface area contributed by atoms with Crippen molar-refractivity contribution in [1.29, 1.82) is 0 Å². The van der Waals surface area contributed by atoms with Crippen molar-refractivity contribution in [2.75, 3.05) is 13.7 Å². The lowest BCUT2D eigenvalue weighted by molar-refractivity contribution is 0.169. The zero-order valence-electron chi connectivity index (χ0n) is 12.6. The molecule has 5 nitrogen and oxygen atoms in total. The molecule has 0 fully saturated rings. The van der Waals surface area contributed by atoms with Gasteiger partial charge in [0.1, 0.15) is 5.75 Å². The number of hydrogen-bond acceptors (Lipinski definition) is 4. The van der Waals surface area contributed by atoms with Gasteiger partial charge in [-0.05, 0) is 36.2 Å². The molecule has 23 heavy (non-hydrogen) atoms. The number of sulfonamides is 1. The normalized spacial score (nSPS) is 12.8. The Morgan fingerprint density at radius 1 is 1.22 bits per heavy atom. The molecule has 0 radical (unpaired) electrons. The van der Waals surface area contributed by atoms with E-state index in [-0.39, 0.29) is 17.9 Å². The Hall–Kier alpha value is -1.60. The fourth-order valence-corrected chi connectivity index (χ4v) is 3.34. The second-order valence-electron chi connectivity index (χ2n) is 4.94. The zero-order valence-corrected chi connectivity index (χ0v) is 14.1. The summed E-state index contributed by atoms with van der Waals surface area (Å²) in [5.41, 5.74) is 0.651. The highest BCUT2D eigenvalue weighted by atomic mass is 35.5. The van der Waals surface area contributed by atoms with Crippen LogP contribution >= 0.6 is 11.6 Å². The first-order valence-corrected chi connectivity index (χ1v) is 8.86. The van der Waals surface area contributed by atoms with Gasteiger partial charge >= 0.3 is 0 Å². The number of nitrogens with one attached hydrogen (secondary N) is 1. The van der Waals surface area contributed by atoms with E-state index in [2.05, 4.69) is 4.72 Å². The lowest BCUT2D eigenvalue weighted by Gasteiger charge is -2.12. The minimum absolute atomic E-state index is 0.104. The smallest absolute Gasteiger partial charge is 0.240 e. The monoisotopic (exact) mass is 355 g/mol. The van der Waals surface area contributed by atoms with Crippen molar-refractivity contribution in [3.05, 3.63) is 59.1 Å². The van der Waals surface area contributed by atoms with Gasteiger partial charge in [-0.15, -0.1) is 0 Å². The summed E-state index contributed by atoms with van der Waals surface area (Å²) in [5.74, 6) is 0.465. The molecule has 0 spiro atoms. The molecule has 0 saturated carbocycles. The van der Waals surface area contributed by atoms with E-state index in [1.165, 1.54) is 19.2 Å². The van der Waals surface area contributed by atoms with Crippen LogP contribution in [0.25, 0.3) is 0 Å². The van der Waals surface area contributed by atoms with Gasteiger partial charge in [0.25, 0.3) is 0 Å². The molecule has 0 saturated heterocycles. The summed E-state index contributed by atoms with van der Waals surface area (Å²) >= 11 is 5.87. The van der Waals surface area contributed by atoms with Gasteiger partial charge in [-0.1, -0.05) is 29.8 Å². The lowest BCUT2D eigenvalue weighted by atomic mass is 10.1. The predicted octanol–water partition coefficient (Wildman–Crippen LogP) is 2.75. The van der Waals surface area contributed by atoms with Crippen LogP contribution in [0.2, 0.25) is 5.02 Å². The highest BCUT2D eigenvalue weighted by molar-refractivity contribution is 7.89.